The maximum absolute atomic E-state index is 12.3. The fourth-order valence-electron chi connectivity index (χ4n) is 2.31. The van der Waals surface area contributed by atoms with E-state index in [0.717, 1.165) is 19.3 Å². The number of hydrogen-bond donors (Lipinski definition) is 2. The van der Waals surface area contributed by atoms with Crippen molar-refractivity contribution in [2.75, 3.05) is 5.73 Å². The number of aromatic nitrogens is 5. The maximum Gasteiger partial charge on any atom is 0.292 e. The van der Waals surface area contributed by atoms with Crippen LogP contribution in [0.25, 0.3) is 5.82 Å². The van der Waals surface area contributed by atoms with Gasteiger partial charge in [-0.1, -0.05) is 17.4 Å². The van der Waals surface area contributed by atoms with Gasteiger partial charge < -0.3 is 5.73 Å². The molecule has 120 valence electrons. The highest BCUT2D eigenvalue weighted by Gasteiger charge is 2.22. The van der Waals surface area contributed by atoms with Gasteiger partial charge in [-0.3, -0.25) is 4.79 Å². The van der Waals surface area contributed by atoms with Crippen molar-refractivity contribution in [2.24, 2.45) is 11.0 Å². The van der Waals surface area contributed by atoms with Crippen molar-refractivity contribution in [3.63, 3.8) is 0 Å². The molecule has 0 radical (unpaired) electrons. The van der Waals surface area contributed by atoms with Crippen LogP contribution in [0.15, 0.2) is 21.9 Å². The van der Waals surface area contributed by atoms with Crippen LogP contribution in [-0.4, -0.2) is 37.4 Å². The minimum Gasteiger partial charge on any atom is -0.378 e. The average molecular weight is 316 g/mol. The summed E-state index contributed by atoms with van der Waals surface area (Å²) in [4.78, 5) is 12.3. The fourth-order valence-corrected chi connectivity index (χ4v) is 2.31. The second-order valence-corrected chi connectivity index (χ2v) is 5.17. The molecule has 0 bridgehead atoms. The molecule has 10 nitrogen and oxygen atoms in total. The number of nitrogens with two attached hydrogens (primary N) is 1. The molecule has 23 heavy (non-hydrogen) atoms. The third kappa shape index (κ3) is 3.10. The summed E-state index contributed by atoms with van der Waals surface area (Å²) in [6.07, 6.45) is 8.99. The van der Waals surface area contributed by atoms with E-state index in [0.29, 0.717) is 11.6 Å². The Labute approximate surface area is 131 Å². The maximum atomic E-state index is 12.3. The second kappa shape index (κ2) is 6.38. The first-order valence-corrected chi connectivity index (χ1v) is 7.16. The molecule has 0 saturated heterocycles. The van der Waals surface area contributed by atoms with Crippen LogP contribution in [-0.2, 0) is 0 Å². The SMILES string of the molecule is Cc1nnn(-c2nonc2N)c1C(=O)N/N=C\[C@H]1CC=CCC1. The zero-order chi connectivity index (χ0) is 16.2. The zero-order valence-electron chi connectivity index (χ0n) is 12.5. The van der Waals surface area contributed by atoms with Gasteiger partial charge in [-0.05, 0) is 42.4 Å². The Morgan fingerprint density at radius 2 is 2.39 bits per heavy atom. The number of nitrogen functional groups attached to an aromatic ring is 1. The monoisotopic (exact) mass is 316 g/mol. The molecule has 0 aromatic carbocycles. The summed E-state index contributed by atoms with van der Waals surface area (Å²) in [6.45, 7) is 1.65. The summed E-state index contributed by atoms with van der Waals surface area (Å²) in [5.74, 6) is -0.00379. The van der Waals surface area contributed by atoms with Crippen LogP contribution in [0.1, 0.15) is 35.4 Å². The third-order valence-corrected chi connectivity index (χ3v) is 3.51. The van der Waals surface area contributed by atoms with E-state index in [4.69, 9.17) is 5.73 Å². The van der Waals surface area contributed by atoms with E-state index < -0.39 is 5.91 Å². The molecule has 0 fully saturated rings. The number of aryl methyl sites for hydroxylation is 1. The minimum atomic E-state index is -0.461. The first-order chi connectivity index (χ1) is 11.2. The molecule has 0 saturated carbocycles. The number of carbonyl (C=O) groups is 1. The quantitative estimate of drug-likeness (QED) is 0.479. The smallest absolute Gasteiger partial charge is 0.292 e. The Balaban J connectivity index is 1.75. The van der Waals surface area contributed by atoms with Gasteiger partial charge in [-0.15, -0.1) is 5.10 Å². The molecule has 3 N–H and O–H groups in total. The molecule has 1 aliphatic carbocycles. The van der Waals surface area contributed by atoms with Crippen LogP contribution in [0.3, 0.4) is 0 Å². The lowest BCUT2D eigenvalue weighted by atomic mass is 9.96. The Morgan fingerprint density at radius 1 is 1.52 bits per heavy atom. The highest BCUT2D eigenvalue weighted by atomic mass is 16.6. The first-order valence-electron chi connectivity index (χ1n) is 7.16. The normalized spacial score (nSPS) is 17.7. The topological polar surface area (TPSA) is 137 Å². The lowest BCUT2D eigenvalue weighted by Gasteiger charge is -2.11. The number of allylic oxidation sites excluding steroid dienone is 2. The Kier molecular flexibility index (Phi) is 4.13. The molecule has 0 spiro atoms. The van der Waals surface area contributed by atoms with Gasteiger partial charge in [0.2, 0.25) is 11.6 Å². The van der Waals surface area contributed by atoms with E-state index in [-0.39, 0.29) is 17.3 Å². The van der Waals surface area contributed by atoms with Gasteiger partial charge in [0.05, 0.1) is 5.69 Å². The molecule has 10 heteroatoms. The highest BCUT2D eigenvalue weighted by molar-refractivity contribution is 5.94. The molecule has 3 rings (SSSR count). The van der Waals surface area contributed by atoms with Crippen molar-refractivity contribution in [1.29, 1.82) is 0 Å². The molecule has 2 heterocycles. The summed E-state index contributed by atoms with van der Waals surface area (Å²) < 4.78 is 5.70. The molecule has 1 aliphatic rings. The Morgan fingerprint density at radius 3 is 3.09 bits per heavy atom. The van der Waals surface area contributed by atoms with Gasteiger partial charge in [-0.25, -0.2) is 10.1 Å². The Hall–Kier alpha value is -3.04. The van der Waals surface area contributed by atoms with Crippen LogP contribution in [0.4, 0.5) is 5.82 Å². The number of hydrogen-bond acceptors (Lipinski definition) is 8. The van der Waals surface area contributed by atoms with Crippen molar-refractivity contribution in [3.05, 3.63) is 23.5 Å². The van der Waals surface area contributed by atoms with Gasteiger partial charge in [0.25, 0.3) is 5.91 Å². The molecule has 0 unspecified atom stereocenters. The molecular formula is C13H16N8O2. The molecule has 2 aromatic heterocycles. The lowest BCUT2D eigenvalue weighted by Crippen LogP contribution is -2.23. The standard InChI is InChI=1S/C13H16N8O2/c1-8-10(21(20-16-8)12-11(14)18-23-19-12)13(22)17-15-7-9-5-3-2-4-6-9/h2-3,7,9H,4-6H2,1H3,(H2,14,18)(H,17,22)/b15-7-/t9-/m0/s1. The van der Waals surface area contributed by atoms with Crippen molar-refractivity contribution in [2.45, 2.75) is 26.2 Å². The van der Waals surface area contributed by atoms with Gasteiger partial charge in [0.1, 0.15) is 0 Å². The summed E-state index contributed by atoms with van der Waals surface area (Å²) in [5.41, 5.74) is 8.70. The third-order valence-electron chi connectivity index (χ3n) is 3.51. The van der Waals surface area contributed by atoms with Gasteiger partial charge in [0, 0.05) is 6.21 Å². The number of hydrazone groups is 1. The molecular weight excluding hydrogens is 300 g/mol. The summed E-state index contributed by atoms with van der Waals surface area (Å²) in [7, 11) is 0. The largest absolute Gasteiger partial charge is 0.378 e. The van der Waals surface area contributed by atoms with Crippen LogP contribution in [0, 0.1) is 12.8 Å². The van der Waals surface area contributed by atoms with Crippen LogP contribution < -0.4 is 11.2 Å². The number of carbonyl (C=O) groups excluding carboxylic acids is 1. The molecule has 0 aliphatic heterocycles. The number of nitrogens with one attached hydrogen (secondary N) is 1. The van der Waals surface area contributed by atoms with Gasteiger partial charge in [0.15, 0.2) is 5.69 Å². The average Bonchev–Trinajstić information content (AvgIpc) is 3.13. The summed E-state index contributed by atoms with van der Waals surface area (Å²) >= 11 is 0. The van der Waals surface area contributed by atoms with E-state index in [1.807, 2.05) is 0 Å². The number of rotatable bonds is 4. The van der Waals surface area contributed by atoms with Crippen molar-refractivity contribution < 1.29 is 9.42 Å². The predicted octanol–water partition coefficient (Wildman–Crippen LogP) is 0.613. The van der Waals surface area contributed by atoms with Gasteiger partial charge in [-0.2, -0.15) is 9.78 Å². The van der Waals surface area contributed by atoms with Crippen LogP contribution in [0.2, 0.25) is 0 Å². The lowest BCUT2D eigenvalue weighted by molar-refractivity contribution is 0.0946. The fraction of sp³-hybridized carbons (Fsp3) is 0.385. The molecule has 2 aromatic rings. The van der Waals surface area contributed by atoms with E-state index >= 15 is 0 Å². The predicted molar refractivity (Wildman–Crippen MR) is 80.8 cm³/mol. The minimum absolute atomic E-state index is 0.0152. The van der Waals surface area contributed by atoms with Gasteiger partial charge >= 0.3 is 0 Å². The van der Waals surface area contributed by atoms with E-state index in [1.54, 1.807) is 13.1 Å². The van der Waals surface area contributed by atoms with E-state index in [1.165, 1.54) is 4.68 Å². The molecule has 1 amide bonds. The van der Waals surface area contributed by atoms with E-state index in [2.05, 4.69) is 47.9 Å². The number of nitrogens with zero attached hydrogens (tertiary/aromatic N) is 6. The summed E-state index contributed by atoms with van der Waals surface area (Å²) in [6, 6.07) is 0. The first kappa shape index (κ1) is 14.9. The second-order valence-electron chi connectivity index (χ2n) is 5.17. The van der Waals surface area contributed by atoms with Crippen LogP contribution >= 0.6 is 0 Å². The highest BCUT2D eigenvalue weighted by Crippen LogP contribution is 2.16. The number of anilines is 1. The van der Waals surface area contributed by atoms with Crippen molar-refractivity contribution in [3.8, 4) is 5.82 Å². The van der Waals surface area contributed by atoms with Crippen molar-refractivity contribution >= 4 is 17.9 Å². The van der Waals surface area contributed by atoms with Crippen LogP contribution in [0.5, 0.6) is 0 Å². The summed E-state index contributed by atoms with van der Waals surface area (Å²) in [5, 5.41) is 18.8. The van der Waals surface area contributed by atoms with Crippen molar-refractivity contribution in [1.82, 2.24) is 30.7 Å². The molecule has 1 atom stereocenters. The Bertz CT molecular complexity index is 760. The zero-order valence-corrected chi connectivity index (χ0v) is 12.5. The van der Waals surface area contributed by atoms with E-state index in [9.17, 15) is 4.79 Å². The number of amides is 1.